The lowest BCUT2D eigenvalue weighted by Crippen LogP contribution is -2.31. The highest BCUT2D eigenvalue weighted by molar-refractivity contribution is 5.76. The normalized spacial score (nSPS) is 9.20. The minimum Gasteiger partial charge on any atom is -0.368 e. The first-order valence-corrected chi connectivity index (χ1v) is 2.54. The minimum atomic E-state index is -0.614. The predicted octanol–water partition coefficient (Wildman–Crippen LogP) is -2.52. The van der Waals surface area contributed by atoms with E-state index in [4.69, 9.17) is 5.73 Å². The highest BCUT2D eigenvalue weighted by atomic mass is 16.6. The van der Waals surface area contributed by atoms with Gasteiger partial charge >= 0.3 is 0 Å². The molecule has 10 heavy (non-hydrogen) atoms. The van der Waals surface area contributed by atoms with Crippen molar-refractivity contribution in [1.29, 1.82) is 0 Å². The monoisotopic (exact) mass is 147 g/mol. The Bertz CT molecular complexity index is 120. The molecule has 0 saturated heterocycles. The Morgan fingerprint density at radius 2 is 1.90 bits per heavy atom. The van der Waals surface area contributed by atoms with Crippen molar-refractivity contribution in [2.45, 2.75) is 0 Å². The lowest BCUT2D eigenvalue weighted by Gasteiger charge is -1.98. The van der Waals surface area contributed by atoms with Crippen LogP contribution >= 0.6 is 0 Å². The zero-order valence-corrected chi connectivity index (χ0v) is 5.29. The van der Waals surface area contributed by atoms with E-state index in [2.05, 4.69) is 16.1 Å². The maximum Gasteiger partial charge on any atom is 0.245 e. The highest BCUT2D eigenvalue weighted by Gasteiger charge is 1.94. The van der Waals surface area contributed by atoms with Crippen LogP contribution in [0, 0.1) is 0 Å². The third-order valence-electron chi connectivity index (χ3n) is 0.563. The molecule has 2 amide bonds. The Balaban J connectivity index is 3.06. The zero-order valence-electron chi connectivity index (χ0n) is 5.29. The van der Waals surface area contributed by atoms with Crippen LogP contribution in [-0.2, 0) is 14.4 Å². The predicted molar refractivity (Wildman–Crippen MR) is 32.3 cm³/mol. The van der Waals surface area contributed by atoms with Crippen molar-refractivity contribution < 1.29 is 14.4 Å². The van der Waals surface area contributed by atoms with Gasteiger partial charge in [0.15, 0.2) is 0 Å². The Morgan fingerprint density at radius 3 is 2.30 bits per heavy atom. The molecule has 0 aromatic carbocycles. The van der Waals surface area contributed by atoms with E-state index in [1.165, 1.54) is 0 Å². The molecule has 0 rings (SSSR count). The number of primary amides is 2. The fourth-order valence-electron chi connectivity index (χ4n) is 0.244. The van der Waals surface area contributed by atoms with Gasteiger partial charge in [0.25, 0.3) is 0 Å². The Kier molecular flexibility index (Phi) is 4.17. The summed E-state index contributed by atoms with van der Waals surface area (Å²) in [6.45, 7) is -0.402. The van der Waals surface area contributed by atoms with Crippen molar-refractivity contribution in [2.75, 3.05) is 13.2 Å². The van der Waals surface area contributed by atoms with Gasteiger partial charge in [-0.2, -0.15) is 5.48 Å². The quantitative estimate of drug-likeness (QED) is 0.294. The second kappa shape index (κ2) is 4.71. The number of rotatable bonds is 5. The molecule has 5 N–H and O–H groups in total. The van der Waals surface area contributed by atoms with Gasteiger partial charge in [-0.1, -0.05) is 0 Å². The van der Waals surface area contributed by atoms with Crippen LogP contribution < -0.4 is 16.9 Å². The fourth-order valence-corrected chi connectivity index (χ4v) is 0.244. The molecular formula is C4H9N3O3. The van der Waals surface area contributed by atoms with Crippen molar-refractivity contribution in [1.82, 2.24) is 5.48 Å². The molecule has 0 aromatic rings. The molecule has 0 spiro atoms. The molecule has 6 nitrogen and oxygen atoms in total. The van der Waals surface area contributed by atoms with Crippen LogP contribution in [0.5, 0.6) is 0 Å². The standard InChI is InChI=1S/C4H9N3O3/c5-3(8)1-7-10-2-4(6)9/h7H,1-2H2,(H2,5,8)(H2,6,9). The van der Waals surface area contributed by atoms with Crippen molar-refractivity contribution in [3.8, 4) is 0 Å². The highest BCUT2D eigenvalue weighted by Crippen LogP contribution is 1.63. The Labute approximate surface area is 57.5 Å². The summed E-state index contributed by atoms with van der Waals surface area (Å²) in [5, 5.41) is 0. The average molecular weight is 147 g/mol. The molecule has 0 heterocycles. The molecule has 0 atom stereocenters. The van der Waals surface area contributed by atoms with Crippen molar-refractivity contribution in [3.05, 3.63) is 0 Å². The largest absolute Gasteiger partial charge is 0.368 e. The van der Waals surface area contributed by atoms with Crippen LogP contribution in [-0.4, -0.2) is 25.0 Å². The van der Waals surface area contributed by atoms with Gasteiger partial charge in [-0.05, 0) is 0 Å². The van der Waals surface area contributed by atoms with Crippen LogP contribution in [0.15, 0.2) is 0 Å². The maximum atomic E-state index is 10.0. The number of carbonyl (C=O) groups is 2. The lowest BCUT2D eigenvalue weighted by molar-refractivity contribution is -0.128. The number of amides is 2. The van der Waals surface area contributed by atoms with Gasteiger partial charge in [0, 0.05) is 0 Å². The van der Waals surface area contributed by atoms with Crippen LogP contribution in [0.3, 0.4) is 0 Å². The first-order chi connectivity index (χ1) is 4.63. The molecule has 0 aliphatic heterocycles. The number of carbonyl (C=O) groups excluding carboxylic acids is 2. The number of nitrogens with two attached hydrogens (primary N) is 2. The molecule has 0 bridgehead atoms. The molecule has 0 unspecified atom stereocenters. The zero-order chi connectivity index (χ0) is 7.98. The third-order valence-corrected chi connectivity index (χ3v) is 0.563. The first kappa shape index (κ1) is 8.86. The van der Waals surface area contributed by atoms with Crippen LogP contribution in [0.1, 0.15) is 0 Å². The van der Waals surface area contributed by atoms with Crippen molar-refractivity contribution >= 4 is 11.8 Å². The summed E-state index contributed by atoms with van der Waals surface area (Å²) < 4.78 is 0. The molecule has 6 heteroatoms. The van der Waals surface area contributed by atoms with Gasteiger partial charge in [-0.3, -0.25) is 14.4 Å². The van der Waals surface area contributed by atoms with Gasteiger partial charge in [0.05, 0.1) is 6.54 Å². The van der Waals surface area contributed by atoms with Gasteiger partial charge in [-0.25, -0.2) is 0 Å². The molecule has 58 valence electrons. The van der Waals surface area contributed by atoms with Gasteiger partial charge in [-0.15, -0.1) is 0 Å². The number of hydrogen-bond donors (Lipinski definition) is 3. The third kappa shape index (κ3) is 6.86. The maximum absolute atomic E-state index is 10.0. The molecular weight excluding hydrogens is 138 g/mol. The van der Waals surface area contributed by atoms with Crippen LogP contribution in [0.2, 0.25) is 0 Å². The number of nitrogens with one attached hydrogen (secondary N) is 1. The number of hydrogen-bond acceptors (Lipinski definition) is 4. The summed E-state index contributed by atoms with van der Waals surface area (Å²) in [5.41, 5.74) is 11.5. The van der Waals surface area contributed by atoms with Gasteiger partial charge < -0.3 is 11.5 Å². The van der Waals surface area contributed by atoms with E-state index in [1.807, 2.05) is 0 Å². The van der Waals surface area contributed by atoms with E-state index < -0.39 is 11.8 Å². The van der Waals surface area contributed by atoms with E-state index in [0.29, 0.717) is 0 Å². The molecule has 0 saturated carbocycles. The second-order valence-corrected chi connectivity index (χ2v) is 1.54. The van der Waals surface area contributed by atoms with Crippen molar-refractivity contribution in [3.63, 3.8) is 0 Å². The summed E-state index contributed by atoms with van der Waals surface area (Å²) in [6.07, 6.45) is 0. The first-order valence-electron chi connectivity index (χ1n) is 2.54. The van der Waals surface area contributed by atoms with Crippen molar-refractivity contribution in [2.24, 2.45) is 11.5 Å². The van der Waals surface area contributed by atoms with Gasteiger partial charge in [0.1, 0.15) is 6.61 Å². The Hall–Kier alpha value is -1.14. The Morgan fingerprint density at radius 1 is 1.30 bits per heavy atom. The summed E-state index contributed by atoms with van der Waals surface area (Å²) in [5.74, 6) is -1.18. The smallest absolute Gasteiger partial charge is 0.245 e. The van der Waals surface area contributed by atoms with E-state index in [-0.39, 0.29) is 13.2 Å². The summed E-state index contributed by atoms with van der Waals surface area (Å²) in [6, 6.07) is 0. The van der Waals surface area contributed by atoms with E-state index in [1.54, 1.807) is 0 Å². The minimum absolute atomic E-state index is 0.132. The van der Waals surface area contributed by atoms with Gasteiger partial charge in [0.2, 0.25) is 11.8 Å². The lowest BCUT2D eigenvalue weighted by atomic mass is 10.6. The number of hydroxylamine groups is 1. The SMILES string of the molecule is NC(=O)CNOCC(N)=O. The fraction of sp³-hybridized carbons (Fsp3) is 0.500. The summed E-state index contributed by atoms with van der Waals surface area (Å²) in [4.78, 5) is 24.4. The topological polar surface area (TPSA) is 107 Å². The van der Waals surface area contributed by atoms with Crippen LogP contribution in [0.4, 0.5) is 0 Å². The van der Waals surface area contributed by atoms with E-state index in [9.17, 15) is 9.59 Å². The summed E-state index contributed by atoms with van der Waals surface area (Å²) >= 11 is 0. The van der Waals surface area contributed by atoms with E-state index >= 15 is 0 Å². The molecule has 0 aromatic heterocycles. The van der Waals surface area contributed by atoms with E-state index in [0.717, 1.165) is 0 Å². The second-order valence-electron chi connectivity index (χ2n) is 1.54. The summed E-state index contributed by atoms with van der Waals surface area (Å²) in [7, 11) is 0. The molecule has 0 radical (unpaired) electrons. The molecule has 0 aliphatic carbocycles. The molecule has 0 fully saturated rings. The average Bonchev–Trinajstić information content (AvgIpc) is 1.79. The molecule has 0 aliphatic rings. The van der Waals surface area contributed by atoms with Crippen LogP contribution in [0.25, 0.3) is 0 Å².